The van der Waals surface area contributed by atoms with Gasteiger partial charge in [0, 0.05) is 13.1 Å². The number of halogens is 1. The van der Waals surface area contributed by atoms with E-state index in [1.165, 1.54) is 25.7 Å². The van der Waals surface area contributed by atoms with Gasteiger partial charge in [-0.3, -0.25) is 0 Å². The lowest BCUT2D eigenvalue weighted by molar-refractivity contribution is 0.354. The van der Waals surface area contributed by atoms with Gasteiger partial charge in [-0.05, 0) is 42.4 Å². The predicted molar refractivity (Wildman–Crippen MR) is 82.8 cm³/mol. The van der Waals surface area contributed by atoms with Crippen molar-refractivity contribution in [2.24, 2.45) is 5.41 Å². The van der Waals surface area contributed by atoms with Crippen LogP contribution in [0.1, 0.15) is 38.2 Å². The summed E-state index contributed by atoms with van der Waals surface area (Å²) in [5.41, 5.74) is 1.69. The predicted octanol–water partition coefficient (Wildman–Crippen LogP) is 4.03. The Morgan fingerprint density at radius 1 is 1.25 bits per heavy atom. The lowest BCUT2D eigenvalue weighted by Gasteiger charge is -2.16. The summed E-state index contributed by atoms with van der Waals surface area (Å²) in [6, 6.07) is 3.92. The van der Waals surface area contributed by atoms with Crippen molar-refractivity contribution in [2.75, 3.05) is 20.8 Å². The fraction of sp³-hybridized carbons (Fsp3) is 0.625. The molecule has 1 aliphatic rings. The molecule has 1 aliphatic carbocycles. The minimum Gasteiger partial charge on any atom is -0.493 e. The van der Waals surface area contributed by atoms with Gasteiger partial charge in [0.2, 0.25) is 0 Å². The van der Waals surface area contributed by atoms with Crippen molar-refractivity contribution in [1.29, 1.82) is 0 Å². The molecule has 0 aromatic heterocycles. The molecular formula is C16H24ClNO2. The van der Waals surface area contributed by atoms with Crippen LogP contribution in [0.15, 0.2) is 12.1 Å². The minimum absolute atomic E-state index is 0.565. The molecule has 1 aromatic carbocycles. The minimum atomic E-state index is 0.565. The molecule has 0 aliphatic heterocycles. The number of ether oxygens (including phenoxy) is 2. The molecule has 0 heterocycles. The molecule has 0 bridgehead atoms. The highest BCUT2D eigenvalue weighted by Gasteiger charge is 2.40. The molecule has 1 N–H and O–H groups in total. The van der Waals surface area contributed by atoms with Crippen LogP contribution in [-0.2, 0) is 6.54 Å². The van der Waals surface area contributed by atoms with Crippen LogP contribution in [0, 0.1) is 5.41 Å². The van der Waals surface area contributed by atoms with Crippen LogP contribution in [0.4, 0.5) is 0 Å². The van der Waals surface area contributed by atoms with Gasteiger partial charge in [0.15, 0.2) is 11.5 Å². The molecule has 1 aromatic rings. The van der Waals surface area contributed by atoms with Crippen LogP contribution in [-0.4, -0.2) is 20.8 Å². The van der Waals surface area contributed by atoms with Gasteiger partial charge in [0.1, 0.15) is 0 Å². The van der Waals surface area contributed by atoms with Crippen molar-refractivity contribution in [2.45, 2.75) is 39.2 Å². The van der Waals surface area contributed by atoms with Crippen molar-refractivity contribution in [3.63, 3.8) is 0 Å². The average molecular weight is 298 g/mol. The van der Waals surface area contributed by atoms with E-state index < -0.39 is 0 Å². The van der Waals surface area contributed by atoms with Gasteiger partial charge in [-0.25, -0.2) is 0 Å². The van der Waals surface area contributed by atoms with E-state index in [1.54, 1.807) is 14.2 Å². The monoisotopic (exact) mass is 297 g/mol. The summed E-state index contributed by atoms with van der Waals surface area (Å²) in [5, 5.41) is 4.15. The fourth-order valence-electron chi connectivity index (χ4n) is 2.77. The Hall–Kier alpha value is -0.930. The smallest absolute Gasteiger partial charge is 0.179 e. The van der Waals surface area contributed by atoms with Crippen molar-refractivity contribution in [1.82, 2.24) is 5.32 Å². The topological polar surface area (TPSA) is 30.5 Å². The second-order valence-corrected chi connectivity index (χ2v) is 6.07. The maximum absolute atomic E-state index is 6.21. The molecule has 2 rings (SSSR count). The highest BCUT2D eigenvalue weighted by molar-refractivity contribution is 6.32. The number of methoxy groups -OCH3 is 2. The summed E-state index contributed by atoms with van der Waals surface area (Å²) < 4.78 is 10.6. The van der Waals surface area contributed by atoms with Crippen LogP contribution in [0.5, 0.6) is 11.5 Å². The van der Waals surface area contributed by atoms with E-state index in [-0.39, 0.29) is 0 Å². The molecule has 0 unspecified atom stereocenters. The summed E-state index contributed by atoms with van der Waals surface area (Å²) in [5.74, 6) is 1.29. The number of benzene rings is 1. The molecule has 20 heavy (non-hydrogen) atoms. The van der Waals surface area contributed by atoms with Gasteiger partial charge >= 0.3 is 0 Å². The molecule has 112 valence electrons. The summed E-state index contributed by atoms with van der Waals surface area (Å²) in [7, 11) is 3.23. The molecule has 1 fully saturated rings. The van der Waals surface area contributed by atoms with Gasteiger partial charge < -0.3 is 14.8 Å². The SMILES string of the molecule is CCCC1(CNCc2cc(Cl)c(OC)c(OC)c2)CC1. The molecule has 0 spiro atoms. The zero-order chi connectivity index (χ0) is 14.6. The summed E-state index contributed by atoms with van der Waals surface area (Å²) in [4.78, 5) is 0. The Labute approximate surface area is 126 Å². The van der Waals surface area contributed by atoms with Crippen molar-refractivity contribution in [3.05, 3.63) is 22.7 Å². The largest absolute Gasteiger partial charge is 0.493 e. The Bertz CT molecular complexity index is 458. The third-order valence-corrected chi connectivity index (χ3v) is 4.34. The zero-order valence-electron chi connectivity index (χ0n) is 12.6. The summed E-state index contributed by atoms with van der Waals surface area (Å²) in [6.07, 6.45) is 5.32. The zero-order valence-corrected chi connectivity index (χ0v) is 13.3. The Morgan fingerprint density at radius 3 is 2.55 bits per heavy atom. The summed E-state index contributed by atoms with van der Waals surface area (Å²) >= 11 is 6.21. The van der Waals surface area contributed by atoms with Gasteiger partial charge in [0.25, 0.3) is 0 Å². The maximum atomic E-state index is 6.21. The standard InChI is InChI=1S/C16H24ClNO2/c1-4-5-16(6-7-16)11-18-10-12-8-13(17)15(20-3)14(9-12)19-2/h8-9,18H,4-7,10-11H2,1-3H3. The Balaban J connectivity index is 1.94. The van der Waals surface area contributed by atoms with Crippen LogP contribution in [0.3, 0.4) is 0 Å². The van der Waals surface area contributed by atoms with E-state index in [0.717, 1.165) is 18.7 Å². The second-order valence-electron chi connectivity index (χ2n) is 5.67. The molecule has 3 nitrogen and oxygen atoms in total. The van der Waals surface area contributed by atoms with E-state index in [9.17, 15) is 0 Å². The van der Waals surface area contributed by atoms with Crippen LogP contribution in [0.2, 0.25) is 5.02 Å². The highest BCUT2D eigenvalue weighted by Crippen LogP contribution is 2.49. The van der Waals surface area contributed by atoms with Crippen molar-refractivity contribution >= 4 is 11.6 Å². The molecule has 0 atom stereocenters. The van der Waals surface area contributed by atoms with Gasteiger partial charge in [-0.1, -0.05) is 24.9 Å². The fourth-order valence-corrected chi connectivity index (χ4v) is 3.08. The first-order valence-corrected chi connectivity index (χ1v) is 7.63. The Kier molecular flexibility index (Phi) is 5.17. The third-order valence-electron chi connectivity index (χ3n) is 4.06. The van der Waals surface area contributed by atoms with Crippen molar-refractivity contribution in [3.8, 4) is 11.5 Å². The van der Waals surface area contributed by atoms with Crippen LogP contribution >= 0.6 is 11.6 Å². The van der Waals surface area contributed by atoms with Gasteiger partial charge in [-0.15, -0.1) is 0 Å². The number of rotatable bonds is 8. The first kappa shape index (κ1) is 15.5. The maximum Gasteiger partial charge on any atom is 0.179 e. The number of nitrogens with one attached hydrogen (secondary N) is 1. The van der Waals surface area contributed by atoms with Crippen LogP contribution in [0.25, 0.3) is 0 Å². The van der Waals surface area contributed by atoms with Crippen LogP contribution < -0.4 is 14.8 Å². The highest BCUT2D eigenvalue weighted by atomic mass is 35.5. The van der Waals surface area contributed by atoms with E-state index >= 15 is 0 Å². The van der Waals surface area contributed by atoms with E-state index in [1.807, 2.05) is 12.1 Å². The molecule has 0 radical (unpaired) electrons. The van der Waals surface area contributed by atoms with E-state index in [2.05, 4.69) is 12.2 Å². The number of hydrogen-bond donors (Lipinski definition) is 1. The molecule has 4 heteroatoms. The normalized spacial score (nSPS) is 16.0. The first-order chi connectivity index (χ1) is 9.64. The molecule has 0 amide bonds. The molecule has 1 saturated carbocycles. The van der Waals surface area contributed by atoms with E-state index in [4.69, 9.17) is 21.1 Å². The lowest BCUT2D eigenvalue weighted by atomic mass is 10.0. The molecular weight excluding hydrogens is 274 g/mol. The Morgan fingerprint density at radius 2 is 2.00 bits per heavy atom. The third kappa shape index (κ3) is 3.58. The average Bonchev–Trinajstić information content (AvgIpc) is 3.18. The van der Waals surface area contributed by atoms with Gasteiger partial charge in [0.05, 0.1) is 19.2 Å². The number of hydrogen-bond acceptors (Lipinski definition) is 3. The summed E-state index contributed by atoms with van der Waals surface area (Å²) in [6.45, 7) is 4.16. The van der Waals surface area contributed by atoms with Gasteiger partial charge in [-0.2, -0.15) is 0 Å². The second kappa shape index (κ2) is 6.68. The van der Waals surface area contributed by atoms with E-state index in [0.29, 0.717) is 21.9 Å². The van der Waals surface area contributed by atoms with Crippen molar-refractivity contribution < 1.29 is 9.47 Å². The lowest BCUT2D eigenvalue weighted by Crippen LogP contribution is -2.23. The quantitative estimate of drug-likeness (QED) is 0.786. The molecule has 0 saturated heterocycles. The first-order valence-electron chi connectivity index (χ1n) is 7.25.